The van der Waals surface area contributed by atoms with Gasteiger partial charge in [0.25, 0.3) is 0 Å². The molecular weight excluding hydrogens is 211 g/mol. The molecular formula is C7H13O6P. The lowest BCUT2D eigenvalue weighted by molar-refractivity contribution is -0.138. The van der Waals surface area contributed by atoms with E-state index in [1.807, 2.05) is 0 Å². The molecule has 0 radical (unpaired) electrons. The van der Waals surface area contributed by atoms with E-state index in [0.717, 1.165) is 6.08 Å². The Bertz CT molecular complexity index is 230. The summed E-state index contributed by atoms with van der Waals surface area (Å²) in [7, 11) is -1.08. The topological polar surface area (TPSA) is 71.1 Å². The van der Waals surface area contributed by atoms with E-state index >= 15 is 0 Å². The monoisotopic (exact) mass is 224 g/mol. The second-order valence-electron chi connectivity index (χ2n) is 2.02. The Morgan fingerprint density at radius 3 is 2.36 bits per heavy atom. The number of hydrogen-bond donors (Lipinski definition) is 0. The van der Waals surface area contributed by atoms with Crippen molar-refractivity contribution in [1.29, 1.82) is 0 Å². The molecule has 0 aromatic rings. The van der Waals surface area contributed by atoms with E-state index in [2.05, 4.69) is 20.4 Å². The standard InChI is InChI=1S/C7H13O6P/c1-4-7(8)12-5-6-13-14(9,10-2)11-3/h4H,1,5-6H2,2-3H3. The summed E-state index contributed by atoms with van der Waals surface area (Å²) < 4.78 is 29.5. The van der Waals surface area contributed by atoms with Crippen LogP contribution >= 0.6 is 7.82 Å². The van der Waals surface area contributed by atoms with Crippen molar-refractivity contribution in [2.75, 3.05) is 27.4 Å². The van der Waals surface area contributed by atoms with Crippen LogP contribution in [0.5, 0.6) is 0 Å². The minimum atomic E-state index is -3.47. The van der Waals surface area contributed by atoms with Gasteiger partial charge < -0.3 is 4.74 Å². The predicted molar refractivity (Wildman–Crippen MR) is 48.7 cm³/mol. The van der Waals surface area contributed by atoms with Crippen LogP contribution < -0.4 is 0 Å². The van der Waals surface area contributed by atoms with Gasteiger partial charge in [0.2, 0.25) is 0 Å². The molecule has 0 rings (SSSR count). The Labute approximate surface area is 82.4 Å². The predicted octanol–water partition coefficient (Wildman–Crippen LogP) is 1.13. The average molecular weight is 224 g/mol. The lowest BCUT2D eigenvalue weighted by Crippen LogP contribution is -2.08. The number of carbonyl (C=O) groups excluding carboxylic acids is 1. The fraction of sp³-hybridized carbons (Fsp3) is 0.571. The molecule has 14 heavy (non-hydrogen) atoms. The van der Waals surface area contributed by atoms with E-state index in [0.29, 0.717) is 0 Å². The Morgan fingerprint density at radius 1 is 1.36 bits per heavy atom. The highest BCUT2D eigenvalue weighted by atomic mass is 31.2. The third kappa shape index (κ3) is 5.14. The van der Waals surface area contributed by atoms with Crippen LogP contribution in [0.15, 0.2) is 12.7 Å². The summed E-state index contributed by atoms with van der Waals surface area (Å²) in [4.78, 5) is 10.5. The molecule has 6 nitrogen and oxygen atoms in total. The van der Waals surface area contributed by atoms with Crippen LogP contribution in [0, 0.1) is 0 Å². The highest BCUT2D eigenvalue weighted by Gasteiger charge is 2.22. The molecule has 0 fully saturated rings. The van der Waals surface area contributed by atoms with Gasteiger partial charge in [-0.15, -0.1) is 0 Å². The van der Waals surface area contributed by atoms with Crippen molar-refractivity contribution in [3.8, 4) is 0 Å². The molecule has 0 atom stereocenters. The van der Waals surface area contributed by atoms with Crippen molar-refractivity contribution in [1.82, 2.24) is 0 Å². The molecule has 0 heterocycles. The Hall–Kier alpha value is -0.680. The maximum atomic E-state index is 11.2. The number of esters is 1. The molecule has 0 aromatic heterocycles. The van der Waals surface area contributed by atoms with Gasteiger partial charge in [0.1, 0.15) is 6.61 Å². The summed E-state index contributed by atoms with van der Waals surface area (Å²) in [5.74, 6) is -0.571. The van der Waals surface area contributed by atoms with Crippen LogP contribution in [0.25, 0.3) is 0 Å². The lowest BCUT2D eigenvalue weighted by Gasteiger charge is -2.12. The first-order valence-corrected chi connectivity index (χ1v) is 5.19. The zero-order valence-electron chi connectivity index (χ0n) is 8.10. The van der Waals surface area contributed by atoms with Crippen molar-refractivity contribution in [2.45, 2.75) is 0 Å². The summed E-state index contributed by atoms with van der Waals surface area (Å²) in [6.07, 6.45) is 1.02. The molecule has 0 saturated heterocycles. The summed E-state index contributed by atoms with van der Waals surface area (Å²) in [5, 5.41) is 0. The van der Waals surface area contributed by atoms with Crippen molar-refractivity contribution in [3.63, 3.8) is 0 Å². The summed E-state index contributed by atoms with van der Waals surface area (Å²) in [6.45, 7) is 3.09. The maximum Gasteiger partial charge on any atom is 0.474 e. The van der Waals surface area contributed by atoms with Crippen LogP contribution in [0.1, 0.15) is 0 Å². The fourth-order valence-corrected chi connectivity index (χ4v) is 1.19. The van der Waals surface area contributed by atoms with E-state index in [1.54, 1.807) is 0 Å². The number of phosphoric acid groups is 1. The highest BCUT2D eigenvalue weighted by Crippen LogP contribution is 2.47. The molecule has 0 aromatic carbocycles. The molecule has 0 unspecified atom stereocenters. The first-order chi connectivity index (χ1) is 6.58. The van der Waals surface area contributed by atoms with Gasteiger partial charge in [-0.1, -0.05) is 6.58 Å². The molecule has 82 valence electrons. The number of phosphoric ester groups is 1. The summed E-state index contributed by atoms with van der Waals surface area (Å²) in [5.41, 5.74) is 0. The van der Waals surface area contributed by atoms with Crippen molar-refractivity contribution in [3.05, 3.63) is 12.7 Å². The zero-order chi connectivity index (χ0) is 11.0. The number of hydrogen-bond acceptors (Lipinski definition) is 6. The maximum absolute atomic E-state index is 11.2. The Morgan fingerprint density at radius 2 is 1.93 bits per heavy atom. The van der Waals surface area contributed by atoms with Crippen LogP contribution in [0.3, 0.4) is 0 Å². The quantitative estimate of drug-likeness (QED) is 0.279. The van der Waals surface area contributed by atoms with Gasteiger partial charge in [0.05, 0.1) is 6.61 Å². The van der Waals surface area contributed by atoms with E-state index in [9.17, 15) is 9.36 Å². The second-order valence-corrected chi connectivity index (χ2v) is 3.90. The van der Waals surface area contributed by atoms with E-state index in [4.69, 9.17) is 4.52 Å². The first-order valence-electron chi connectivity index (χ1n) is 3.73. The smallest absolute Gasteiger partial charge is 0.460 e. The first kappa shape index (κ1) is 13.3. The van der Waals surface area contributed by atoms with E-state index in [1.165, 1.54) is 14.2 Å². The molecule has 0 amide bonds. The molecule has 0 saturated carbocycles. The molecule has 0 bridgehead atoms. The van der Waals surface area contributed by atoms with Crippen LogP contribution in [-0.4, -0.2) is 33.4 Å². The number of carbonyl (C=O) groups is 1. The minimum Gasteiger partial charge on any atom is -0.460 e. The van der Waals surface area contributed by atoms with Gasteiger partial charge >= 0.3 is 13.8 Å². The Balaban J connectivity index is 3.68. The van der Waals surface area contributed by atoms with Crippen LogP contribution in [-0.2, 0) is 27.7 Å². The van der Waals surface area contributed by atoms with Gasteiger partial charge in [0.15, 0.2) is 0 Å². The van der Waals surface area contributed by atoms with E-state index in [-0.39, 0.29) is 13.2 Å². The molecule has 0 aliphatic heterocycles. The normalized spacial score (nSPS) is 11.0. The third-order valence-electron chi connectivity index (χ3n) is 1.19. The Kier molecular flexibility index (Phi) is 6.40. The second kappa shape index (κ2) is 6.73. The zero-order valence-corrected chi connectivity index (χ0v) is 8.99. The van der Waals surface area contributed by atoms with Crippen molar-refractivity contribution >= 4 is 13.8 Å². The molecule has 0 aliphatic carbocycles. The fourth-order valence-electron chi connectivity index (χ4n) is 0.530. The highest BCUT2D eigenvalue weighted by molar-refractivity contribution is 7.48. The third-order valence-corrected chi connectivity index (χ3v) is 2.58. The molecule has 7 heteroatoms. The number of rotatable bonds is 7. The van der Waals surface area contributed by atoms with Crippen molar-refractivity contribution in [2.24, 2.45) is 0 Å². The molecule has 0 spiro atoms. The summed E-state index contributed by atoms with van der Waals surface area (Å²) >= 11 is 0. The SMILES string of the molecule is C=CC(=O)OCCOP(=O)(OC)OC. The van der Waals surface area contributed by atoms with Gasteiger partial charge in [-0.2, -0.15) is 0 Å². The minimum absolute atomic E-state index is 0.0401. The average Bonchev–Trinajstić information content (AvgIpc) is 2.23. The molecule has 0 N–H and O–H groups in total. The van der Waals surface area contributed by atoms with Gasteiger partial charge in [0, 0.05) is 20.3 Å². The lowest BCUT2D eigenvalue weighted by atomic mass is 10.6. The van der Waals surface area contributed by atoms with Gasteiger partial charge in [-0.25, -0.2) is 9.36 Å². The van der Waals surface area contributed by atoms with Gasteiger partial charge in [-0.05, 0) is 0 Å². The van der Waals surface area contributed by atoms with E-state index < -0.39 is 13.8 Å². The molecule has 0 aliphatic rings. The van der Waals surface area contributed by atoms with Crippen LogP contribution in [0.4, 0.5) is 0 Å². The summed E-state index contributed by atoms with van der Waals surface area (Å²) in [6, 6.07) is 0. The van der Waals surface area contributed by atoms with Crippen LogP contribution in [0.2, 0.25) is 0 Å². The van der Waals surface area contributed by atoms with Gasteiger partial charge in [-0.3, -0.25) is 13.6 Å². The largest absolute Gasteiger partial charge is 0.474 e. The van der Waals surface area contributed by atoms with Crippen molar-refractivity contribution < 1.29 is 27.7 Å². The number of ether oxygens (including phenoxy) is 1.